The molecule has 0 bridgehead atoms. The van der Waals surface area contributed by atoms with Crippen molar-refractivity contribution in [3.63, 3.8) is 0 Å². The second kappa shape index (κ2) is 7.45. The normalized spacial score (nSPS) is 16.7. The van der Waals surface area contributed by atoms with Crippen LogP contribution in [-0.2, 0) is 0 Å². The van der Waals surface area contributed by atoms with E-state index in [-0.39, 0.29) is 12.1 Å². The quantitative estimate of drug-likeness (QED) is 0.575. The summed E-state index contributed by atoms with van der Waals surface area (Å²) in [5.74, 6) is 1.03. The molecular weight excluding hydrogens is 443 g/mol. The number of hydrogen-bond acceptors (Lipinski definition) is 4. The van der Waals surface area contributed by atoms with Gasteiger partial charge in [0.25, 0.3) is 0 Å². The topological polar surface area (TPSA) is 71.3 Å². The SMILES string of the molecule is O=C(Nc1ccc(I)cc1)N1CCC[C@H]1c1nc(-c2ccccc2)no1. The Balaban J connectivity index is 1.50. The number of carbonyl (C=O) groups excluding carboxylic acids is 1. The summed E-state index contributed by atoms with van der Waals surface area (Å²) in [7, 11) is 0. The van der Waals surface area contributed by atoms with Gasteiger partial charge >= 0.3 is 6.03 Å². The molecule has 0 spiro atoms. The highest BCUT2D eigenvalue weighted by atomic mass is 127. The Morgan fingerprint density at radius 2 is 1.92 bits per heavy atom. The fraction of sp³-hybridized carbons (Fsp3) is 0.211. The van der Waals surface area contributed by atoms with E-state index in [1.807, 2.05) is 54.6 Å². The highest BCUT2D eigenvalue weighted by Crippen LogP contribution is 2.32. The van der Waals surface area contributed by atoms with E-state index < -0.39 is 0 Å². The van der Waals surface area contributed by atoms with Gasteiger partial charge in [-0.1, -0.05) is 35.5 Å². The number of hydrogen-bond donors (Lipinski definition) is 1. The number of likely N-dealkylation sites (tertiary alicyclic amines) is 1. The monoisotopic (exact) mass is 460 g/mol. The molecule has 26 heavy (non-hydrogen) atoms. The molecule has 2 amide bonds. The van der Waals surface area contributed by atoms with E-state index in [4.69, 9.17) is 4.52 Å². The number of nitrogens with zero attached hydrogens (tertiary/aromatic N) is 3. The molecule has 4 rings (SSSR count). The van der Waals surface area contributed by atoms with Crippen LogP contribution in [0.15, 0.2) is 59.1 Å². The fourth-order valence-electron chi connectivity index (χ4n) is 3.07. The summed E-state index contributed by atoms with van der Waals surface area (Å²) in [6.07, 6.45) is 1.73. The van der Waals surface area contributed by atoms with Crippen molar-refractivity contribution in [3.8, 4) is 11.4 Å². The molecule has 1 N–H and O–H groups in total. The lowest BCUT2D eigenvalue weighted by molar-refractivity contribution is 0.193. The molecule has 0 saturated carbocycles. The minimum Gasteiger partial charge on any atom is -0.337 e. The van der Waals surface area contributed by atoms with Crippen molar-refractivity contribution < 1.29 is 9.32 Å². The number of aromatic nitrogens is 2. The number of urea groups is 1. The second-order valence-electron chi connectivity index (χ2n) is 6.11. The molecule has 7 heteroatoms. The van der Waals surface area contributed by atoms with Gasteiger partial charge in [-0.25, -0.2) is 4.79 Å². The number of carbonyl (C=O) groups is 1. The smallest absolute Gasteiger partial charge is 0.322 e. The molecule has 0 unspecified atom stereocenters. The molecule has 1 saturated heterocycles. The first-order valence-electron chi connectivity index (χ1n) is 8.43. The summed E-state index contributed by atoms with van der Waals surface area (Å²) in [5.41, 5.74) is 1.67. The van der Waals surface area contributed by atoms with E-state index in [1.54, 1.807) is 4.90 Å². The highest BCUT2D eigenvalue weighted by molar-refractivity contribution is 14.1. The molecule has 0 radical (unpaired) electrons. The maximum Gasteiger partial charge on any atom is 0.322 e. The molecule has 1 atom stereocenters. The molecule has 0 aliphatic carbocycles. The zero-order valence-corrected chi connectivity index (χ0v) is 16.1. The Hall–Kier alpha value is -2.42. The molecule has 1 aliphatic heterocycles. The van der Waals surface area contributed by atoms with Crippen LogP contribution in [0, 0.1) is 3.57 Å². The van der Waals surface area contributed by atoms with Crippen LogP contribution in [0.5, 0.6) is 0 Å². The van der Waals surface area contributed by atoms with Gasteiger partial charge in [-0.2, -0.15) is 4.98 Å². The molecule has 1 fully saturated rings. The molecule has 1 aromatic heterocycles. The predicted molar refractivity (Wildman–Crippen MR) is 107 cm³/mol. The largest absolute Gasteiger partial charge is 0.337 e. The zero-order chi connectivity index (χ0) is 17.9. The van der Waals surface area contributed by atoms with Gasteiger partial charge in [0, 0.05) is 21.4 Å². The maximum atomic E-state index is 12.7. The summed E-state index contributed by atoms with van der Waals surface area (Å²) in [5, 5.41) is 7.02. The molecule has 2 aromatic carbocycles. The van der Waals surface area contributed by atoms with Crippen molar-refractivity contribution in [2.24, 2.45) is 0 Å². The molecule has 132 valence electrons. The van der Waals surface area contributed by atoms with Gasteiger partial charge in [-0.05, 0) is 59.7 Å². The van der Waals surface area contributed by atoms with Gasteiger partial charge < -0.3 is 14.7 Å². The first-order chi connectivity index (χ1) is 12.7. The van der Waals surface area contributed by atoms with Crippen LogP contribution in [0.25, 0.3) is 11.4 Å². The first kappa shape index (κ1) is 17.0. The predicted octanol–water partition coefficient (Wildman–Crippen LogP) is 4.71. The van der Waals surface area contributed by atoms with E-state index in [0.29, 0.717) is 18.3 Å². The Bertz CT molecular complexity index is 895. The van der Waals surface area contributed by atoms with Crippen LogP contribution in [0.4, 0.5) is 10.5 Å². The Labute approximate surface area is 164 Å². The average molecular weight is 460 g/mol. The number of anilines is 1. The number of rotatable bonds is 3. The molecule has 6 nitrogen and oxygen atoms in total. The van der Waals surface area contributed by atoms with Gasteiger partial charge in [0.1, 0.15) is 6.04 Å². The number of halogens is 1. The average Bonchev–Trinajstić information content (AvgIpc) is 3.33. The molecule has 2 heterocycles. The first-order valence-corrected chi connectivity index (χ1v) is 9.51. The van der Waals surface area contributed by atoms with Crippen molar-refractivity contribution in [1.82, 2.24) is 15.0 Å². The van der Waals surface area contributed by atoms with E-state index in [1.165, 1.54) is 0 Å². The summed E-state index contributed by atoms with van der Waals surface area (Å²) >= 11 is 2.24. The van der Waals surface area contributed by atoms with E-state index >= 15 is 0 Å². The third kappa shape index (κ3) is 3.57. The van der Waals surface area contributed by atoms with Gasteiger partial charge in [-0.3, -0.25) is 0 Å². The highest BCUT2D eigenvalue weighted by Gasteiger charge is 2.34. The fourth-order valence-corrected chi connectivity index (χ4v) is 3.43. The lowest BCUT2D eigenvalue weighted by Gasteiger charge is -2.22. The van der Waals surface area contributed by atoms with Crippen molar-refractivity contribution in [2.75, 3.05) is 11.9 Å². The second-order valence-corrected chi connectivity index (χ2v) is 7.36. The standard InChI is InChI=1S/C19H17IN4O2/c20-14-8-10-15(11-9-14)21-19(25)24-12-4-7-16(24)18-22-17(23-26-18)13-5-2-1-3-6-13/h1-3,5-6,8-11,16H,4,7,12H2,(H,21,25)/t16-/m0/s1. The Morgan fingerprint density at radius 3 is 2.69 bits per heavy atom. The van der Waals surface area contributed by atoms with Crippen molar-refractivity contribution in [3.05, 3.63) is 64.1 Å². The molecular formula is C19H17IN4O2. The zero-order valence-electron chi connectivity index (χ0n) is 13.9. The Kier molecular flexibility index (Phi) is 4.87. The number of amides is 2. The maximum absolute atomic E-state index is 12.7. The minimum absolute atomic E-state index is 0.145. The summed E-state index contributed by atoms with van der Waals surface area (Å²) < 4.78 is 6.59. The lowest BCUT2D eigenvalue weighted by Crippen LogP contribution is -2.34. The van der Waals surface area contributed by atoms with Gasteiger partial charge in [0.2, 0.25) is 11.7 Å². The third-order valence-corrected chi connectivity index (χ3v) is 5.09. The summed E-state index contributed by atoms with van der Waals surface area (Å²) in [6, 6.07) is 17.0. The van der Waals surface area contributed by atoms with Gasteiger partial charge in [-0.15, -0.1) is 0 Å². The van der Waals surface area contributed by atoms with E-state index in [9.17, 15) is 4.79 Å². The van der Waals surface area contributed by atoms with Crippen LogP contribution in [0.1, 0.15) is 24.8 Å². The third-order valence-electron chi connectivity index (χ3n) is 4.37. The van der Waals surface area contributed by atoms with Crippen LogP contribution in [0.3, 0.4) is 0 Å². The number of benzene rings is 2. The number of nitrogens with one attached hydrogen (secondary N) is 1. The Morgan fingerprint density at radius 1 is 1.15 bits per heavy atom. The molecule has 3 aromatic rings. The summed E-state index contributed by atoms with van der Waals surface area (Å²) in [6.45, 7) is 0.671. The summed E-state index contributed by atoms with van der Waals surface area (Å²) in [4.78, 5) is 19.0. The van der Waals surface area contributed by atoms with Crippen molar-refractivity contribution in [2.45, 2.75) is 18.9 Å². The minimum atomic E-state index is -0.191. The lowest BCUT2D eigenvalue weighted by atomic mass is 10.2. The van der Waals surface area contributed by atoms with Crippen molar-refractivity contribution in [1.29, 1.82) is 0 Å². The van der Waals surface area contributed by atoms with Crippen LogP contribution in [-0.4, -0.2) is 27.6 Å². The van der Waals surface area contributed by atoms with Gasteiger partial charge in [0.05, 0.1) is 0 Å². The molecule has 1 aliphatic rings. The van der Waals surface area contributed by atoms with Gasteiger partial charge in [0.15, 0.2) is 0 Å². The van der Waals surface area contributed by atoms with Crippen LogP contribution in [0.2, 0.25) is 0 Å². The van der Waals surface area contributed by atoms with E-state index in [2.05, 4.69) is 38.0 Å². The van der Waals surface area contributed by atoms with Crippen molar-refractivity contribution >= 4 is 34.3 Å². The van der Waals surface area contributed by atoms with Crippen LogP contribution >= 0.6 is 22.6 Å². The van der Waals surface area contributed by atoms with E-state index in [0.717, 1.165) is 27.7 Å². The van der Waals surface area contributed by atoms with Crippen LogP contribution < -0.4 is 5.32 Å².